The third-order valence-corrected chi connectivity index (χ3v) is 4.31. The summed E-state index contributed by atoms with van der Waals surface area (Å²) >= 11 is 0. The van der Waals surface area contributed by atoms with E-state index in [1.54, 1.807) is 0 Å². The molecule has 0 unspecified atom stereocenters. The molecular weight excluding hydrogens is 266 g/mol. The van der Waals surface area contributed by atoms with Crippen molar-refractivity contribution in [2.45, 2.75) is 25.4 Å². The van der Waals surface area contributed by atoms with Gasteiger partial charge in [0.1, 0.15) is 0 Å². The van der Waals surface area contributed by atoms with Crippen LogP contribution in [0.15, 0.2) is 11.2 Å². The summed E-state index contributed by atoms with van der Waals surface area (Å²) in [6.07, 6.45) is 1.54. The SMILES string of the molecule is CCNCc1cn[nH]c1S(=O)(=O)NCCN(C)CC. The van der Waals surface area contributed by atoms with Gasteiger partial charge in [-0.05, 0) is 20.1 Å². The average Bonchev–Trinajstić information content (AvgIpc) is 2.85. The molecule has 0 aliphatic rings. The number of likely N-dealkylation sites (N-methyl/N-ethyl adjacent to an activating group) is 1. The monoisotopic (exact) mass is 289 g/mol. The van der Waals surface area contributed by atoms with Crippen molar-refractivity contribution in [1.29, 1.82) is 0 Å². The number of H-pyrrole nitrogens is 1. The number of aromatic nitrogens is 2. The second-order valence-electron chi connectivity index (χ2n) is 4.30. The summed E-state index contributed by atoms with van der Waals surface area (Å²) in [5, 5.41) is 9.59. The fourth-order valence-corrected chi connectivity index (χ4v) is 2.67. The number of rotatable bonds is 9. The molecule has 0 fully saturated rings. The molecule has 0 amide bonds. The van der Waals surface area contributed by atoms with Crippen LogP contribution in [-0.2, 0) is 16.6 Å². The van der Waals surface area contributed by atoms with Crippen molar-refractivity contribution in [2.24, 2.45) is 0 Å². The van der Waals surface area contributed by atoms with Crippen molar-refractivity contribution in [3.8, 4) is 0 Å². The van der Waals surface area contributed by atoms with E-state index in [1.807, 2.05) is 25.8 Å². The van der Waals surface area contributed by atoms with E-state index in [2.05, 4.69) is 20.2 Å². The minimum atomic E-state index is -3.52. The first-order chi connectivity index (χ1) is 9.01. The Bertz CT molecular complexity index is 471. The van der Waals surface area contributed by atoms with Crippen LogP contribution in [0.5, 0.6) is 0 Å². The van der Waals surface area contributed by atoms with Gasteiger partial charge in [-0.15, -0.1) is 0 Å². The van der Waals surface area contributed by atoms with Gasteiger partial charge in [0, 0.05) is 25.2 Å². The van der Waals surface area contributed by atoms with Crippen molar-refractivity contribution in [3.63, 3.8) is 0 Å². The predicted octanol–water partition coefficient (Wildman–Crippen LogP) is -0.251. The molecule has 1 heterocycles. The normalized spacial score (nSPS) is 12.2. The van der Waals surface area contributed by atoms with E-state index in [1.165, 1.54) is 6.20 Å². The zero-order chi connectivity index (χ0) is 14.3. The number of nitrogens with zero attached hydrogens (tertiary/aromatic N) is 2. The highest BCUT2D eigenvalue weighted by Gasteiger charge is 2.20. The molecule has 7 nitrogen and oxygen atoms in total. The van der Waals surface area contributed by atoms with Crippen LogP contribution in [0.4, 0.5) is 0 Å². The number of sulfonamides is 1. The first-order valence-corrected chi connectivity index (χ1v) is 7.90. The molecule has 0 aliphatic heterocycles. The van der Waals surface area contributed by atoms with Gasteiger partial charge in [-0.25, -0.2) is 13.1 Å². The van der Waals surface area contributed by atoms with Gasteiger partial charge in [-0.2, -0.15) is 5.10 Å². The summed E-state index contributed by atoms with van der Waals surface area (Å²) in [6, 6.07) is 0. The minimum Gasteiger partial charge on any atom is -0.313 e. The van der Waals surface area contributed by atoms with E-state index in [9.17, 15) is 8.42 Å². The molecule has 1 aromatic rings. The molecule has 19 heavy (non-hydrogen) atoms. The highest BCUT2D eigenvalue weighted by atomic mass is 32.2. The standard InChI is InChI=1S/C11H23N5O2S/c1-4-12-8-10-9-13-15-11(10)19(17,18)14-6-7-16(3)5-2/h9,12,14H,4-8H2,1-3H3,(H,13,15). The summed E-state index contributed by atoms with van der Waals surface area (Å²) in [6.45, 7) is 7.19. The van der Waals surface area contributed by atoms with Crippen LogP contribution in [-0.4, -0.2) is 56.7 Å². The Morgan fingerprint density at radius 3 is 2.79 bits per heavy atom. The zero-order valence-electron chi connectivity index (χ0n) is 11.7. The molecule has 0 aromatic carbocycles. The van der Waals surface area contributed by atoms with Gasteiger partial charge in [-0.3, -0.25) is 5.10 Å². The van der Waals surface area contributed by atoms with E-state index in [0.29, 0.717) is 25.2 Å². The van der Waals surface area contributed by atoms with E-state index in [0.717, 1.165) is 13.1 Å². The lowest BCUT2D eigenvalue weighted by Gasteiger charge is -2.14. The Labute approximate surface area is 114 Å². The maximum atomic E-state index is 12.1. The molecule has 1 aromatic heterocycles. The summed E-state index contributed by atoms with van der Waals surface area (Å²) in [5.41, 5.74) is 0.651. The van der Waals surface area contributed by atoms with Crippen molar-refractivity contribution >= 4 is 10.0 Å². The molecule has 0 radical (unpaired) electrons. The van der Waals surface area contributed by atoms with Crippen LogP contribution in [0.3, 0.4) is 0 Å². The van der Waals surface area contributed by atoms with Crippen molar-refractivity contribution in [2.75, 3.05) is 33.2 Å². The molecule has 1 rings (SSSR count). The molecule has 110 valence electrons. The Hall–Kier alpha value is -0.960. The summed E-state index contributed by atoms with van der Waals surface area (Å²) < 4.78 is 26.8. The van der Waals surface area contributed by atoms with Gasteiger partial charge >= 0.3 is 0 Å². The average molecular weight is 289 g/mol. The van der Waals surface area contributed by atoms with Gasteiger partial charge in [-0.1, -0.05) is 13.8 Å². The van der Waals surface area contributed by atoms with Crippen LogP contribution in [0.1, 0.15) is 19.4 Å². The first kappa shape index (κ1) is 16.1. The summed E-state index contributed by atoms with van der Waals surface area (Å²) in [5.74, 6) is 0. The van der Waals surface area contributed by atoms with E-state index in [-0.39, 0.29) is 5.03 Å². The topological polar surface area (TPSA) is 90.1 Å². The van der Waals surface area contributed by atoms with Crippen LogP contribution in [0.2, 0.25) is 0 Å². The second-order valence-corrected chi connectivity index (χ2v) is 6.00. The molecule has 3 N–H and O–H groups in total. The highest BCUT2D eigenvalue weighted by molar-refractivity contribution is 7.89. The lowest BCUT2D eigenvalue weighted by Crippen LogP contribution is -2.33. The van der Waals surface area contributed by atoms with E-state index < -0.39 is 10.0 Å². The van der Waals surface area contributed by atoms with Gasteiger partial charge in [0.05, 0.1) is 6.20 Å². The number of hydrogen-bond donors (Lipinski definition) is 3. The summed E-state index contributed by atoms with van der Waals surface area (Å²) in [7, 11) is -1.57. The minimum absolute atomic E-state index is 0.146. The van der Waals surface area contributed by atoms with Gasteiger partial charge < -0.3 is 10.2 Å². The summed E-state index contributed by atoms with van der Waals surface area (Å²) in [4.78, 5) is 2.04. The van der Waals surface area contributed by atoms with Crippen LogP contribution >= 0.6 is 0 Å². The molecule has 0 aliphatic carbocycles. The second kappa shape index (κ2) is 7.59. The fourth-order valence-electron chi connectivity index (χ4n) is 1.52. The molecule has 0 bridgehead atoms. The number of nitrogens with one attached hydrogen (secondary N) is 3. The van der Waals surface area contributed by atoms with Crippen molar-refractivity contribution in [1.82, 2.24) is 25.1 Å². The van der Waals surface area contributed by atoms with Crippen LogP contribution in [0.25, 0.3) is 0 Å². The maximum Gasteiger partial charge on any atom is 0.257 e. The van der Waals surface area contributed by atoms with Gasteiger partial charge in [0.2, 0.25) is 0 Å². The highest BCUT2D eigenvalue weighted by Crippen LogP contribution is 2.11. The Kier molecular flexibility index (Phi) is 6.43. The molecule has 0 spiro atoms. The lowest BCUT2D eigenvalue weighted by molar-refractivity contribution is 0.358. The van der Waals surface area contributed by atoms with Gasteiger partial charge in [0.25, 0.3) is 10.0 Å². The molecule has 0 saturated heterocycles. The lowest BCUT2D eigenvalue weighted by atomic mass is 10.3. The van der Waals surface area contributed by atoms with E-state index >= 15 is 0 Å². The third kappa shape index (κ3) is 4.90. The Balaban J connectivity index is 2.64. The molecule has 0 saturated carbocycles. The molecule has 0 atom stereocenters. The zero-order valence-corrected chi connectivity index (χ0v) is 12.5. The Morgan fingerprint density at radius 2 is 2.16 bits per heavy atom. The molecule has 8 heteroatoms. The molecular formula is C11H23N5O2S. The van der Waals surface area contributed by atoms with E-state index in [4.69, 9.17) is 0 Å². The smallest absolute Gasteiger partial charge is 0.257 e. The van der Waals surface area contributed by atoms with Crippen molar-refractivity contribution in [3.05, 3.63) is 11.8 Å². The maximum absolute atomic E-state index is 12.1. The van der Waals surface area contributed by atoms with Crippen LogP contribution < -0.4 is 10.0 Å². The van der Waals surface area contributed by atoms with Gasteiger partial charge in [0.15, 0.2) is 5.03 Å². The third-order valence-electron chi connectivity index (χ3n) is 2.84. The Morgan fingerprint density at radius 1 is 1.42 bits per heavy atom. The quantitative estimate of drug-likeness (QED) is 0.583. The van der Waals surface area contributed by atoms with Crippen molar-refractivity contribution < 1.29 is 8.42 Å². The first-order valence-electron chi connectivity index (χ1n) is 6.42. The fraction of sp³-hybridized carbons (Fsp3) is 0.727. The van der Waals surface area contributed by atoms with Crippen LogP contribution in [0, 0.1) is 0 Å². The number of hydrogen-bond acceptors (Lipinski definition) is 5. The number of aromatic amines is 1. The predicted molar refractivity (Wildman–Crippen MR) is 74.3 cm³/mol. The largest absolute Gasteiger partial charge is 0.313 e.